The minimum absolute atomic E-state index is 0.0306. The summed E-state index contributed by atoms with van der Waals surface area (Å²) in [6, 6.07) is 0. The number of hydrogen-bond donors (Lipinski definition) is 0. The van der Waals surface area contributed by atoms with E-state index in [4.69, 9.17) is 10.7 Å². The first-order chi connectivity index (χ1) is 8.47. The number of likely N-dealkylation sites (tertiary alicyclic amines) is 1. The fourth-order valence-electron chi connectivity index (χ4n) is 1.86. The standard InChI is InChI=1S/C10H12ClN3O3S/c11-18(16,17)9-3-10(15)14(6-9)2-1-8-4-12-7-13-5-8/h4-5,7,9H,1-3,6H2. The van der Waals surface area contributed by atoms with Crippen LogP contribution in [0.15, 0.2) is 18.7 Å². The van der Waals surface area contributed by atoms with E-state index >= 15 is 0 Å². The first-order valence-corrected chi connectivity index (χ1v) is 7.79. The summed E-state index contributed by atoms with van der Waals surface area (Å²) in [6.07, 6.45) is 5.34. The van der Waals surface area contributed by atoms with E-state index in [0.717, 1.165) is 5.56 Å². The summed E-state index contributed by atoms with van der Waals surface area (Å²) in [7, 11) is 1.59. The van der Waals surface area contributed by atoms with Crippen molar-refractivity contribution in [2.45, 2.75) is 18.1 Å². The van der Waals surface area contributed by atoms with Gasteiger partial charge in [-0.2, -0.15) is 0 Å². The molecule has 1 amide bonds. The molecular formula is C10H12ClN3O3S. The van der Waals surface area contributed by atoms with E-state index in [0.29, 0.717) is 13.0 Å². The van der Waals surface area contributed by atoms with Gasteiger partial charge in [-0.3, -0.25) is 4.79 Å². The molecule has 1 unspecified atom stereocenters. The maximum Gasteiger partial charge on any atom is 0.237 e. The van der Waals surface area contributed by atoms with Crippen LogP contribution >= 0.6 is 10.7 Å². The Morgan fingerprint density at radius 1 is 1.39 bits per heavy atom. The highest BCUT2D eigenvalue weighted by Gasteiger charge is 2.36. The molecule has 6 nitrogen and oxygen atoms in total. The van der Waals surface area contributed by atoms with Gasteiger partial charge < -0.3 is 4.90 Å². The van der Waals surface area contributed by atoms with E-state index in [2.05, 4.69) is 9.97 Å². The third-order valence-electron chi connectivity index (χ3n) is 2.86. The Morgan fingerprint density at radius 3 is 2.61 bits per heavy atom. The second-order valence-corrected chi connectivity index (χ2v) is 7.05. The van der Waals surface area contributed by atoms with Crippen molar-refractivity contribution in [1.29, 1.82) is 0 Å². The van der Waals surface area contributed by atoms with E-state index in [1.807, 2.05) is 0 Å². The van der Waals surface area contributed by atoms with Gasteiger partial charge in [0.05, 0.1) is 0 Å². The molecule has 1 aliphatic heterocycles. The van der Waals surface area contributed by atoms with Gasteiger partial charge in [-0.1, -0.05) is 0 Å². The summed E-state index contributed by atoms with van der Waals surface area (Å²) in [5.74, 6) is -0.180. The van der Waals surface area contributed by atoms with Gasteiger partial charge in [0, 0.05) is 42.6 Å². The molecule has 2 rings (SSSR count). The summed E-state index contributed by atoms with van der Waals surface area (Å²) >= 11 is 0. The molecule has 0 N–H and O–H groups in total. The normalized spacial score (nSPS) is 20.4. The number of carbonyl (C=O) groups is 1. The van der Waals surface area contributed by atoms with Crippen LogP contribution in [0.4, 0.5) is 0 Å². The van der Waals surface area contributed by atoms with Gasteiger partial charge in [0.1, 0.15) is 11.6 Å². The number of carbonyl (C=O) groups excluding carboxylic acids is 1. The fraction of sp³-hybridized carbons (Fsp3) is 0.500. The Morgan fingerprint density at radius 2 is 2.06 bits per heavy atom. The third kappa shape index (κ3) is 3.17. The molecule has 1 fully saturated rings. The molecule has 98 valence electrons. The molecule has 18 heavy (non-hydrogen) atoms. The Bertz CT molecular complexity index is 535. The van der Waals surface area contributed by atoms with E-state index < -0.39 is 14.3 Å². The van der Waals surface area contributed by atoms with Gasteiger partial charge in [-0.05, 0) is 12.0 Å². The Labute approximate surface area is 109 Å². The van der Waals surface area contributed by atoms with Crippen molar-refractivity contribution in [3.8, 4) is 0 Å². The number of amides is 1. The zero-order chi connectivity index (χ0) is 13.2. The van der Waals surface area contributed by atoms with Crippen LogP contribution in [-0.2, 0) is 20.3 Å². The smallest absolute Gasteiger partial charge is 0.237 e. The lowest BCUT2D eigenvalue weighted by Gasteiger charge is -2.15. The monoisotopic (exact) mass is 289 g/mol. The predicted octanol–water partition coefficient (Wildman–Crippen LogP) is 0.189. The van der Waals surface area contributed by atoms with Crippen molar-refractivity contribution in [3.63, 3.8) is 0 Å². The van der Waals surface area contributed by atoms with Crippen molar-refractivity contribution in [3.05, 3.63) is 24.3 Å². The first-order valence-electron chi connectivity index (χ1n) is 5.42. The van der Waals surface area contributed by atoms with Gasteiger partial charge in [-0.25, -0.2) is 18.4 Å². The molecule has 0 aliphatic carbocycles. The van der Waals surface area contributed by atoms with Crippen LogP contribution in [-0.4, -0.2) is 47.5 Å². The first kappa shape index (κ1) is 13.2. The lowest BCUT2D eigenvalue weighted by atomic mass is 10.2. The average Bonchev–Trinajstić information content (AvgIpc) is 2.69. The van der Waals surface area contributed by atoms with Crippen molar-refractivity contribution < 1.29 is 13.2 Å². The van der Waals surface area contributed by atoms with Crippen LogP contribution in [0, 0.1) is 0 Å². The summed E-state index contributed by atoms with van der Waals surface area (Å²) in [5.41, 5.74) is 0.905. The number of hydrogen-bond acceptors (Lipinski definition) is 5. The number of nitrogens with zero attached hydrogens (tertiary/aromatic N) is 3. The molecule has 8 heteroatoms. The minimum atomic E-state index is -3.67. The molecule has 1 aromatic rings. The highest BCUT2D eigenvalue weighted by molar-refractivity contribution is 8.14. The molecule has 1 saturated heterocycles. The maximum atomic E-state index is 11.6. The summed E-state index contributed by atoms with van der Waals surface area (Å²) in [4.78, 5) is 20.9. The maximum absolute atomic E-state index is 11.6. The van der Waals surface area contributed by atoms with Crippen LogP contribution in [0.25, 0.3) is 0 Å². The second kappa shape index (κ2) is 5.19. The van der Waals surface area contributed by atoms with Gasteiger partial charge in [0.15, 0.2) is 0 Å². The molecule has 0 bridgehead atoms. The van der Waals surface area contributed by atoms with Gasteiger partial charge in [0.25, 0.3) is 0 Å². The van der Waals surface area contributed by atoms with E-state index in [9.17, 15) is 13.2 Å². The largest absolute Gasteiger partial charge is 0.341 e. The van der Waals surface area contributed by atoms with Crippen LogP contribution in [0.5, 0.6) is 0 Å². The third-order valence-corrected chi connectivity index (χ3v) is 4.73. The van der Waals surface area contributed by atoms with Crippen molar-refractivity contribution in [1.82, 2.24) is 14.9 Å². The number of aromatic nitrogens is 2. The van der Waals surface area contributed by atoms with Gasteiger partial charge in [0.2, 0.25) is 15.0 Å². The molecule has 0 radical (unpaired) electrons. The predicted molar refractivity (Wildman–Crippen MR) is 65.5 cm³/mol. The van der Waals surface area contributed by atoms with Crippen molar-refractivity contribution in [2.75, 3.05) is 13.1 Å². The van der Waals surface area contributed by atoms with Crippen LogP contribution in [0.3, 0.4) is 0 Å². The Hall–Kier alpha value is -1.21. The fourth-order valence-corrected chi connectivity index (χ4v) is 2.92. The highest BCUT2D eigenvalue weighted by Crippen LogP contribution is 2.21. The van der Waals surface area contributed by atoms with Gasteiger partial charge in [-0.15, -0.1) is 0 Å². The lowest BCUT2D eigenvalue weighted by molar-refractivity contribution is -0.127. The van der Waals surface area contributed by atoms with Gasteiger partial charge >= 0.3 is 0 Å². The second-order valence-electron chi connectivity index (χ2n) is 4.14. The molecule has 1 aliphatic rings. The SMILES string of the molecule is O=C1CC(S(=O)(=O)Cl)CN1CCc1cncnc1. The zero-order valence-corrected chi connectivity index (χ0v) is 11.1. The summed E-state index contributed by atoms with van der Waals surface area (Å²) in [5, 5.41) is -0.793. The van der Waals surface area contributed by atoms with Crippen molar-refractivity contribution in [2.24, 2.45) is 0 Å². The summed E-state index contributed by atoms with van der Waals surface area (Å²) < 4.78 is 22.3. The highest BCUT2D eigenvalue weighted by atomic mass is 35.7. The van der Waals surface area contributed by atoms with E-state index in [1.54, 1.807) is 12.4 Å². The lowest BCUT2D eigenvalue weighted by Crippen LogP contribution is -2.29. The number of rotatable bonds is 4. The van der Waals surface area contributed by atoms with E-state index in [-0.39, 0.29) is 18.9 Å². The Balaban J connectivity index is 1.94. The molecule has 0 aromatic carbocycles. The molecule has 1 aromatic heterocycles. The zero-order valence-electron chi connectivity index (χ0n) is 9.49. The molecular weight excluding hydrogens is 278 g/mol. The molecule has 1 atom stereocenters. The van der Waals surface area contributed by atoms with E-state index in [1.165, 1.54) is 11.2 Å². The van der Waals surface area contributed by atoms with Crippen LogP contribution in [0.1, 0.15) is 12.0 Å². The molecule has 0 spiro atoms. The number of halogens is 1. The van der Waals surface area contributed by atoms with Crippen LogP contribution < -0.4 is 0 Å². The quantitative estimate of drug-likeness (QED) is 0.739. The van der Waals surface area contributed by atoms with Crippen LogP contribution in [0.2, 0.25) is 0 Å². The summed E-state index contributed by atoms with van der Waals surface area (Å²) in [6.45, 7) is 0.619. The molecule has 0 saturated carbocycles. The van der Waals surface area contributed by atoms with Crippen molar-refractivity contribution >= 4 is 25.6 Å². The average molecular weight is 290 g/mol. The minimum Gasteiger partial charge on any atom is -0.341 e. The Kier molecular flexibility index (Phi) is 3.82. The molecule has 2 heterocycles. The topological polar surface area (TPSA) is 80.2 Å².